The summed E-state index contributed by atoms with van der Waals surface area (Å²) in [6.45, 7) is 1.77. The summed E-state index contributed by atoms with van der Waals surface area (Å²) < 4.78 is 10.2. The van der Waals surface area contributed by atoms with Crippen LogP contribution in [0.3, 0.4) is 0 Å². The predicted octanol–water partition coefficient (Wildman–Crippen LogP) is 1.63. The number of nitro benzene ring substituents is 1. The molecule has 0 bridgehead atoms. The average Bonchev–Trinajstić information content (AvgIpc) is 2.37. The number of nitrogens with two attached hydrogens (primary N) is 1. The van der Waals surface area contributed by atoms with Gasteiger partial charge in [0, 0.05) is 6.07 Å². The van der Waals surface area contributed by atoms with Crippen LogP contribution < -0.4 is 10.5 Å². The topological polar surface area (TPSA) is 105 Å². The molecular formula is C11H13BrN2O5. The van der Waals surface area contributed by atoms with Crippen molar-refractivity contribution in [1.29, 1.82) is 0 Å². The van der Waals surface area contributed by atoms with Crippen LogP contribution in [-0.2, 0) is 9.53 Å². The molecule has 0 aliphatic rings. The van der Waals surface area contributed by atoms with E-state index in [1.54, 1.807) is 6.92 Å². The van der Waals surface area contributed by atoms with Gasteiger partial charge in [-0.15, -0.1) is 0 Å². The molecule has 19 heavy (non-hydrogen) atoms. The molecule has 0 aliphatic carbocycles. The van der Waals surface area contributed by atoms with Crippen LogP contribution in [0.15, 0.2) is 22.7 Å². The molecule has 7 nitrogen and oxygen atoms in total. The van der Waals surface area contributed by atoms with Gasteiger partial charge >= 0.3 is 5.97 Å². The highest BCUT2D eigenvalue weighted by Gasteiger charge is 2.19. The van der Waals surface area contributed by atoms with Gasteiger partial charge < -0.3 is 15.2 Å². The number of hydrogen-bond donors (Lipinski definition) is 1. The summed E-state index contributed by atoms with van der Waals surface area (Å²) in [6.07, 6.45) is 0. The van der Waals surface area contributed by atoms with E-state index in [2.05, 4.69) is 15.9 Å². The van der Waals surface area contributed by atoms with E-state index in [9.17, 15) is 14.9 Å². The SMILES string of the molecule is CCOC(=O)C(N)COc1cccc([N+](=O)[O-])c1Br. The van der Waals surface area contributed by atoms with Crippen molar-refractivity contribution in [3.05, 3.63) is 32.8 Å². The number of esters is 1. The molecule has 1 unspecified atom stereocenters. The zero-order valence-corrected chi connectivity index (χ0v) is 11.8. The fraction of sp³-hybridized carbons (Fsp3) is 0.364. The van der Waals surface area contributed by atoms with Gasteiger partial charge in [-0.3, -0.25) is 14.9 Å². The Hall–Kier alpha value is -1.67. The normalized spacial score (nSPS) is 11.7. The Kier molecular flexibility index (Phi) is 5.71. The highest BCUT2D eigenvalue weighted by Crippen LogP contribution is 2.33. The lowest BCUT2D eigenvalue weighted by Crippen LogP contribution is -2.37. The Balaban J connectivity index is 2.71. The predicted molar refractivity (Wildman–Crippen MR) is 70.9 cm³/mol. The van der Waals surface area contributed by atoms with Gasteiger partial charge in [0.05, 0.1) is 11.5 Å². The van der Waals surface area contributed by atoms with E-state index in [1.807, 2.05) is 0 Å². The summed E-state index contributed by atoms with van der Waals surface area (Å²) in [4.78, 5) is 21.5. The third-order valence-electron chi connectivity index (χ3n) is 2.15. The Morgan fingerprint density at radius 1 is 1.58 bits per heavy atom. The summed E-state index contributed by atoms with van der Waals surface area (Å²) in [5.74, 6) is -0.335. The molecule has 2 N–H and O–H groups in total. The van der Waals surface area contributed by atoms with E-state index in [0.29, 0.717) is 0 Å². The highest BCUT2D eigenvalue weighted by molar-refractivity contribution is 9.10. The maximum Gasteiger partial charge on any atom is 0.326 e. The largest absolute Gasteiger partial charge is 0.490 e. The van der Waals surface area contributed by atoms with E-state index < -0.39 is 16.9 Å². The molecule has 0 aliphatic heterocycles. The summed E-state index contributed by atoms with van der Waals surface area (Å²) >= 11 is 3.08. The first-order chi connectivity index (χ1) is 8.97. The van der Waals surface area contributed by atoms with Gasteiger partial charge in [0.2, 0.25) is 0 Å². The number of hydrogen-bond acceptors (Lipinski definition) is 6. The van der Waals surface area contributed by atoms with E-state index in [1.165, 1.54) is 18.2 Å². The second-order valence-corrected chi connectivity index (χ2v) is 4.31. The van der Waals surface area contributed by atoms with E-state index >= 15 is 0 Å². The lowest BCUT2D eigenvalue weighted by atomic mass is 10.3. The first-order valence-corrected chi connectivity index (χ1v) is 6.24. The van der Waals surface area contributed by atoms with Gasteiger partial charge in [0.15, 0.2) is 0 Å². The van der Waals surface area contributed by atoms with Crippen molar-refractivity contribution in [2.24, 2.45) is 5.73 Å². The van der Waals surface area contributed by atoms with Crippen molar-refractivity contribution in [3.63, 3.8) is 0 Å². The number of carbonyl (C=O) groups is 1. The highest BCUT2D eigenvalue weighted by atomic mass is 79.9. The van der Waals surface area contributed by atoms with Crippen molar-refractivity contribution >= 4 is 27.6 Å². The molecule has 1 aromatic carbocycles. The number of rotatable bonds is 6. The third kappa shape index (κ3) is 4.18. The van der Waals surface area contributed by atoms with Crippen LogP contribution >= 0.6 is 15.9 Å². The van der Waals surface area contributed by atoms with Crippen molar-refractivity contribution in [2.75, 3.05) is 13.2 Å². The molecule has 1 rings (SSSR count). The molecule has 104 valence electrons. The molecule has 0 heterocycles. The average molecular weight is 333 g/mol. The number of nitrogens with zero attached hydrogens (tertiary/aromatic N) is 1. The fourth-order valence-corrected chi connectivity index (χ4v) is 1.77. The molecule has 0 saturated carbocycles. The molecule has 1 aromatic rings. The zero-order valence-electron chi connectivity index (χ0n) is 10.2. The Bertz CT molecular complexity index is 480. The number of benzene rings is 1. The zero-order chi connectivity index (χ0) is 14.4. The molecule has 0 amide bonds. The molecule has 0 spiro atoms. The Labute approximate surface area is 118 Å². The second-order valence-electron chi connectivity index (χ2n) is 3.52. The van der Waals surface area contributed by atoms with Crippen LogP contribution in [0.25, 0.3) is 0 Å². The molecule has 0 saturated heterocycles. The number of nitro groups is 1. The van der Waals surface area contributed by atoms with Gasteiger partial charge in [-0.05, 0) is 28.9 Å². The third-order valence-corrected chi connectivity index (χ3v) is 2.94. The van der Waals surface area contributed by atoms with Gasteiger partial charge in [-0.25, -0.2) is 0 Å². The van der Waals surface area contributed by atoms with Gasteiger partial charge in [-0.1, -0.05) is 6.07 Å². The van der Waals surface area contributed by atoms with Crippen LogP contribution in [0.4, 0.5) is 5.69 Å². The fourth-order valence-electron chi connectivity index (χ4n) is 1.25. The summed E-state index contributed by atoms with van der Waals surface area (Å²) in [5, 5.41) is 10.7. The van der Waals surface area contributed by atoms with Crippen LogP contribution in [0.2, 0.25) is 0 Å². The van der Waals surface area contributed by atoms with Gasteiger partial charge in [-0.2, -0.15) is 0 Å². The van der Waals surface area contributed by atoms with E-state index in [-0.39, 0.29) is 29.1 Å². The smallest absolute Gasteiger partial charge is 0.326 e. The standard InChI is InChI=1S/C11H13BrN2O5/c1-2-18-11(15)7(13)6-19-9-5-3-4-8(10(9)12)14(16)17/h3-5,7H,2,6,13H2,1H3. The van der Waals surface area contributed by atoms with E-state index in [4.69, 9.17) is 15.2 Å². The summed E-state index contributed by atoms with van der Waals surface area (Å²) in [6, 6.07) is 3.41. The van der Waals surface area contributed by atoms with Gasteiger partial charge in [0.1, 0.15) is 22.9 Å². The van der Waals surface area contributed by atoms with Crippen LogP contribution in [0, 0.1) is 10.1 Å². The molecule has 0 fully saturated rings. The second kappa shape index (κ2) is 7.05. The summed E-state index contributed by atoms with van der Waals surface area (Å²) in [7, 11) is 0. The monoisotopic (exact) mass is 332 g/mol. The quantitative estimate of drug-likeness (QED) is 0.482. The molecular weight excluding hydrogens is 320 g/mol. The number of carbonyl (C=O) groups excluding carboxylic acids is 1. The minimum atomic E-state index is -0.939. The lowest BCUT2D eigenvalue weighted by Gasteiger charge is -2.12. The van der Waals surface area contributed by atoms with Crippen molar-refractivity contribution in [2.45, 2.75) is 13.0 Å². The van der Waals surface area contributed by atoms with Crippen LogP contribution in [-0.4, -0.2) is 30.1 Å². The van der Waals surface area contributed by atoms with Crippen LogP contribution in [0.1, 0.15) is 6.92 Å². The molecule has 1 atom stereocenters. The maximum absolute atomic E-state index is 11.3. The maximum atomic E-state index is 11.3. The van der Waals surface area contributed by atoms with Crippen molar-refractivity contribution in [3.8, 4) is 5.75 Å². The first-order valence-electron chi connectivity index (χ1n) is 5.45. The Morgan fingerprint density at radius 3 is 2.84 bits per heavy atom. The lowest BCUT2D eigenvalue weighted by molar-refractivity contribution is -0.385. The Morgan fingerprint density at radius 2 is 2.26 bits per heavy atom. The minimum absolute atomic E-state index is 0.123. The number of halogens is 1. The minimum Gasteiger partial charge on any atom is -0.490 e. The molecule has 8 heteroatoms. The van der Waals surface area contributed by atoms with Crippen molar-refractivity contribution < 1.29 is 19.2 Å². The van der Waals surface area contributed by atoms with Gasteiger partial charge in [0.25, 0.3) is 5.69 Å². The summed E-state index contributed by atoms with van der Waals surface area (Å²) in [5.41, 5.74) is 5.43. The molecule has 0 aromatic heterocycles. The molecule has 0 radical (unpaired) electrons. The van der Waals surface area contributed by atoms with Crippen LogP contribution in [0.5, 0.6) is 5.75 Å². The van der Waals surface area contributed by atoms with E-state index in [0.717, 1.165) is 0 Å². The first kappa shape index (κ1) is 15.4. The van der Waals surface area contributed by atoms with Crippen molar-refractivity contribution in [1.82, 2.24) is 0 Å². The number of ether oxygens (including phenoxy) is 2.